The van der Waals surface area contributed by atoms with Gasteiger partial charge in [0.15, 0.2) is 0 Å². The molecular weight excluding hydrogens is 861 g/mol. The number of hydrogen-bond acceptors (Lipinski definition) is 4. The monoisotopic (exact) mass is 912 g/mol. The Bertz CT molecular complexity index is 3640. The van der Waals surface area contributed by atoms with Crippen LogP contribution in [0.2, 0.25) is 0 Å². The number of rotatable bonds is 8. The third kappa shape index (κ3) is 6.26. The minimum absolute atomic E-state index is 0.661. The highest BCUT2D eigenvalue weighted by atomic mass is 32.1. The summed E-state index contributed by atoms with van der Waals surface area (Å²) in [6.07, 6.45) is 10.5. The summed E-state index contributed by atoms with van der Waals surface area (Å²) in [4.78, 5) is 5.20. The van der Waals surface area contributed by atoms with Crippen molar-refractivity contribution in [1.29, 1.82) is 0 Å². The Hall–Kier alpha value is -6.72. The predicted molar refractivity (Wildman–Crippen MR) is 297 cm³/mol. The van der Waals surface area contributed by atoms with E-state index in [0.717, 1.165) is 0 Å². The number of fused-ring (bicyclic) bond motifs is 6. The zero-order chi connectivity index (χ0) is 45.0. The molecule has 0 saturated heterocycles. The number of thiophene rings is 2. The number of hydrogen-bond donors (Lipinski definition) is 0. The third-order valence-corrected chi connectivity index (χ3v) is 18.3. The molecule has 2 aliphatic rings. The maximum absolute atomic E-state index is 2.60. The molecule has 2 saturated carbocycles. The second-order valence-corrected chi connectivity index (χ2v) is 21.9. The van der Waals surface area contributed by atoms with E-state index < -0.39 is 0 Å². The molecular formula is C64H52N2S2. The molecule has 2 nitrogen and oxygen atoms in total. The van der Waals surface area contributed by atoms with Crippen molar-refractivity contribution in [3.63, 3.8) is 0 Å². The van der Waals surface area contributed by atoms with Crippen LogP contribution in [0, 0.1) is 13.8 Å². The fraction of sp³-hybridized carbons (Fsp3) is 0.188. The van der Waals surface area contributed by atoms with E-state index in [4.69, 9.17) is 0 Å². The molecule has 2 fully saturated rings. The van der Waals surface area contributed by atoms with Crippen molar-refractivity contribution in [2.75, 3.05) is 9.80 Å². The van der Waals surface area contributed by atoms with Gasteiger partial charge in [-0.05, 0) is 144 Å². The summed E-state index contributed by atoms with van der Waals surface area (Å²) >= 11 is 3.85. The highest BCUT2D eigenvalue weighted by Crippen LogP contribution is 2.53. The molecule has 14 rings (SSSR count). The number of anilines is 6. The normalized spacial score (nSPS) is 14.9. The van der Waals surface area contributed by atoms with E-state index in [9.17, 15) is 0 Å². The first kappa shape index (κ1) is 40.4. The largest absolute Gasteiger partial charge is 0.308 e. The fourth-order valence-corrected chi connectivity index (χ4v) is 15.1. The van der Waals surface area contributed by atoms with Gasteiger partial charge in [0, 0.05) is 53.1 Å². The molecule has 0 amide bonds. The van der Waals surface area contributed by atoms with E-state index in [1.165, 1.54) is 180 Å². The lowest BCUT2D eigenvalue weighted by Crippen LogP contribution is -2.13. The van der Waals surface area contributed by atoms with Crippen LogP contribution in [0.3, 0.4) is 0 Å². The lowest BCUT2D eigenvalue weighted by Gasteiger charge is -2.31. The minimum atomic E-state index is 0.661. The summed E-state index contributed by atoms with van der Waals surface area (Å²) in [6.45, 7) is 4.60. The molecule has 2 aliphatic carbocycles. The summed E-state index contributed by atoms with van der Waals surface area (Å²) in [7, 11) is 0. The summed E-state index contributed by atoms with van der Waals surface area (Å²) < 4.78 is 5.32. The number of aryl methyl sites for hydroxylation is 2. The molecule has 2 aromatic heterocycles. The smallest absolute Gasteiger partial charge is 0.0669 e. The van der Waals surface area contributed by atoms with Gasteiger partial charge in [-0.25, -0.2) is 0 Å². The van der Waals surface area contributed by atoms with Gasteiger partial charge in [0.05, 0.1) is 32.1 Å². The van der Waals surface area contributed by atoms with E-state index >= 15 is 0 Å². The Morgan fingerprint density at radius 3 is 1.18 bits per heavy atom. The zero-order valence-electron chi connectivity index (χ0n) is 38.7. The van der Waals surface area contributed by atoms with Crippen molar-refractivity contribution in [3.05, 3.63) is 192 Å². The van der Waals surface area contributed by atoms with Crippen LogP contribution in [-0.4, -0.2) is 0 Å². The molecule has 4 heteroatoms. The fourth-order valence-electron chi connectivity index (χ4n) is 12.5. The van der Waals surface area contributed by atoms with Crippen molar-refractivity contribution in [2.45, 2.75) is 77.0 Å². The lowest BCUT2D eigenvalue weighted by atomic mass is 9.91. The predicted octanol–water partition coefficient (Wildman–Crippen LogP) is 20.2. The molecule has 0 bridgehead atoms. The van der Waals surface area contributed by atoms with Gasteiger partial charge >= 0.3 is 0 Å². The first-order valence-corrected chi connectivity index (χ1v) is 26.5. The van der Waals surface area contributed by atoms with Crippen LogP contribution in [-0.2, 0) is 0 Å². The lowest BCUT2D eigenvalue weighted by molar-refractivity contribution is 0.723. The van der Waals surface area contributed by atoms with Crippen LogP contribution in [0.1, 0.15) is 85.5 Å². The van der Waals surface area contributed by atoms with Gasteiger partial charge in [-0.1, -0.05) is 147 Å². The Labute approximate surface area is 406 Å². The van der Waals surface area contributed by atoms with Crippen molar-refractivity contribution in [1.82, 2.24) is 0 Å². The first-order chi connectivity index (χ1) is 33.6. The average molecular weight is 913 g/mol. The van der Waals surface area contributed by atoms with Crippen LogP contribution in [0.25, 0.3) is 72.7 Å². The molecule has 0 N–H and O–H groups in total. The van der Waals surface area contributed by atoms with Gasteiger partial charge in [-0.15, -0.1) is 22.7 Å². The summed E-state index contributed by atoms with van der Waals surface area (Å²) in [5.74, 6) is 1.32. The van der Waals surface area contributed by atoms with Crippen LogP contribution >= 0.6 is 22.7 Å². The highest BCUT2D eigenvalue weighted by Gasteiger charge is 2.27. The third-order valence-electron chi connectivity index (χ3n) is 15.9. The Kier molecular flexibility index (Phi) is 9.46. The molecule has 0 spiro atoms. The average Bonchev–Trinajstić information content (AvgIpc) is 4.23. The molecule has 0 aliphatic heterocycles. The maximum atomic E-state index is 2.60. The molecule has 0 radical (unpaired) electrons. The molecule has 10 aromatic carbocycles. The van der Waals surface area contributed by atoms with Gasteiger partial charge < -0.3 is 9.80 Å². The molecule has 68 heavy (non-hydrogen) atoms. The zero-order valence-corrected chi connectivity index (χ0v) is 40.3. The van der Waals surface area contributed by atoms with E-state index in [-0.39, 0.29) is 0 Å². The van der Waals surface area contributed by atoms with Gasteiger partial charge in [0.25, 0.3) is 0 Å². The van der Waals surface area contributed by atoms with Gasteiger partial charge in [-0.2, -0.15) is 0 Å². The quantitative estimate of drug-likeness (QED) is 0.140. The van der Waals surface area contributed by atoms with E-state index in [1.807, 2.05) is 22.7 Å². The van der Waals surface area contributed by atoms with Crippen molar-refractivity contribution in [2.24, 2.45) is 0 Å². The Morgan fingerprint density at radius 1 is 0.368 bits per heavy atom. The van der Waals surface area contributed by atoms with E-state index in [0.29, 0.717) is 11.8 Å². The number of benzene rings is 10. The van der Waals surface area contributed by atoms with Crippen molar-refractivity contribution in [3.8, 4) is 0 Å². The summed E-state index contributed by atoms with van der Waals surface area (Å²) in [5.41, 5.74) is 12.9. The van der Waals surface area contributed by atoms with Crippen LogP contribution < -0.4 is 9.80 Å². The number of nitrogens with zero attached hydrogens (tertiary/aromatic N) is 2. The van der Waals surface area contributed by atoms with E-state index in [1.54, 1.807) is 0 Å². The van der Waals surface area contributed by atoms with Gasteiger partial charge in [0.1, 0.15) is 0 Å². The summed E-state index contributed by atoms with van der Waals surface area (Å²) in [6, 6.07) is 65.7. The maximum Gasteiger partial charge on any atom is 0.0669 e. The van der Waals surface area contributed by atoms with Crippen molar-refractivity contribution >= 4 is 129 Å². The Balaban J connectivity index is 1.02. The van der Waals surface area contributed by atoms with Gasteiger partial charge in [0.2, 0.25) is 0 Å². The second kappa shape index (κ2) is 15.9. The SMILES string of the molecule is Cc1ccc2c(sc3ccccc32)c1N(c1ccc(C2CCCC2)cc1)c1ccc2ccc3c(N(c4ccc(C5CCCC5)cc4)c4c(C)ccc5c4sc4ccccc45)ccc4ccc1c2c43. The van der Waals surface area contributed by atoms with Gasteiger partial charge in [-0.3, -0.25) is 0 Å². The highest BCUT2D eigenvalue weighted by molar-refractivity contribution is 7.26. The van der Waals surface area contributed by atoms with Crippen LogP contribution in [0.15, 0.2) is 170 Å². The molecule has 0 atom stereocenters. The molecule has 0 unspecified atom stereocenters. The standard InChI is InChI=1S/C64H52N2S2/c1-39-19-33-51-49-15-7-9-17-57(49)67-63(51)61(39)65(47-29-21-43(22-30-47)41-11-3-4-12-41)55-37-27-45-26-36-54-56(38-28-46-25-35-53(55)59(45)60(46)54)66(48-31-23-44(24-32-48)42-13-5-6-14-42)62-40(2)20-34-52-50-16-8-10-18-58(50)68-64(52)62/h7-10,15-38,41-42H,3-6,11-14H2,1-2H3. The van der Waals surface area contributed by atoms with Crippen molar-refractivity contribution < 1.29 is 0 Å². The minimum Gasteiger partial charge on any atom is -0.308 e. The molecule has 330 valence electrons. The molecule has 2 heterocycles. The molecule has 12 aromatic rings. The first-order valence-electron chi connectivity index (χ1n) is 24.9. The van der Waals surface area contributed by atoms with E-state index in [2.05, 4.69) is 194 Å². The second-order valence-electron chi connectivity index (χ2n) is 19.8. The summed E-state index contributed by atoms with van der Waals surface area (Å²) in [5, 5.41) is 13.0. The van der Waals surface area contributed by atoms with Crippen LogP contribution in [0.5, 0.6) is 0 Å². The topological polar surface area (TPSA) is 6.48 Å². The Morgan fingerprint density at radius 2 is 0.750 bits per heavy atom. The van der Waals surface area contributed by atoms with Crippen LogP contribution in [0.4, 0.5) is 34.1 Å².